The third kappa shape index (κ3) is 4.34. The van der Waals surface area contributed by atoms with Gasteiger partial charge in [-0.2, -0.15) is 5.10 Å². The van der Waals surface area contributed by atoms with Crippen LogP contribution in [0.5, 0.6) is 5.75 Å². The Bertz CT molecular complexity index is 525. The highest BCUT2D eigenvalue weighted by molar-refractivity contribution is 5.77. The van der Waals surface area contributed by atoms with Crippen LogP contribution in [0.3, 0.4) is 0 Å². The van der Waals surface area contributed by atoms with Gasteiger partial charge in [-0.1, -0.05) is 6.07 Å². The number of hydrogen-bond acceptors (Lipinski definition) is 4. The lowest BCUT2D eigenvalue weighted by Crippen LogP contribution is -2.31. The van der Waals surface area contributed by atoms with E-state index in [1.165, 1.54) is 0 Å². The molecule has 1 amide bonds. The van der Waals surface area contributed by atoms with Gasteiger partial charge in [0.25, 0.3) is 5.91 Å². The number of rotatable bonds is 6. The SMILES string of the molecule is Nc1cccc(OCC(=O)NCCn2cccn2)c1. The molecular weight excluding hydrogens is 244 g/mol. The zero-order valence-electron chi connectivity index (χ0n) is 10.5. The number of benzene rings is 1. The lowest BCUT2D eigenvalue weighted by Gasteiger charge is -2.08. The highest BCUT2D eigenvalue weighted by atomic mass is 16.5. The van der Waals surface area contributed by atoms with E-state index in [0.717, 1.165) is 0 Å². The van der Waals surface area contributed by atoms with E-state index in [1.54, 1.807) is 35.1 Å². The number of ether oxygens (including phenoxy) is 1. The van der Waals surface area contributed by atoms with Crippen molar-refractivity contribution in [1.29, 1.82) is 0 Å². The molecule has 0 radical (unpaired) electrons. The molecular formula is C13H16N4O2. The van der Waals surface area contributed by atoms with Gasteiger partial charge < -0.3 is 15.8 Å². The van der Waals surface area contributed by atoms with Crippen molar-refractivity contribution >= 4 is 11.6 Å². The van der Waals surface area contributed by atoms with Crippen LogP contribution in [-0.4, -0.2) is 28.8 Å². The van der Waals surface area contributed by atoms with Gasteiger partial charge in [-0.3, -0.25) is 9.48 Å². The van der Waals surface area contributed by atoms with Gasteiger partial charge in [-0.15, -0.1) is 0 Å². The molecule has 0 atom stereocenters. The van der Waals surface area contributed by atoms with Crippen LogP contribution in [0, 0.1) is 0 Å². The summed E-state index contributed by atoms with van der Waals surface area (Å²) >= 11 is 0. The molecule has 2 aromatic rings. The molecule has 0 saturated heterocycles. The highest BCUT2D eigenvalue weighted by Gasteiger charge is 2.02. The first-order chi connectivity index (χ1) is 9.24. The first-order valence-corrected chi connectivity index (χ1v) is 5.96. The average molecular weight is 260 g/mol. The summed E-state index contributed by atoms with van der Waals surface area (Å²) in [6.45, 7) is 1.13. The van der Waals surface area contributed by atoms with Gasteiger partial charge >= 0.3 is 0 Å². The van der Waals surface area contributed by atoms with Gasteiger partial charge in [-0.05, 0) is 18.2 Å². The molecule has 0 fully saturated rings. The zero-order chi connectivity index (χ0) is 13.5. The smallest absolute Gasteiger partial charge is 0.258 e. The van der Waals surface area contributed by atoms with Crippen molar-refractivity contribution in [1.82, 2.24) is 15.1 Å². The topological polar surface area (TPSA) is 82.2 Å². The number of carbonyl (C=O) groups is 1. The van der Waals surface area contributed by atoms with Crippen LogP contribution in [0.1, 0.15) is 0 Å². The van der Waals surface area contributed by atoms with Crippen LogP contribution >= 0.6 is 0 Å². The normalized spacial score (nSPS) is 10.1. The summed E-state index contributed by atoms with van der Waals surface area (Å²) in [5, 5.41) is 6.79. The molecule has 0 aliphatic rings. The predicted octanol–water partition coefficient (Wildman–Crippen LogP) is 0.660. The number of nitrogen functional groups attached to an aromatic ring is 1. The number of carbonyl (C=O) groups excluding carboxylic acids is 1. The van der Waals surface area contributed by atoms with Crippen molar-refractivity contribution in [2.45, 2.75) is 6.54 Å². The molecule has 0 saturated carbocycles. The Morgan fingerprint density at radius 3 is 3.05 bits per heavy atom. The minimum atomic E-state index is -0.172. The fraction of sp³-hybridized carbons (Fsp3) is 0.231. The van der Waals surface area contributed by atoms with E-state index in [9.17, 15) is 4.79 Å². The largest absolute Gasteiger partial charge is 0.484 e. The molecule has 6 heteroatoms. The summed E-state index contributed by atoms with van der Waals surface area (Å²) in [6, 6.07) is 8.81. The monoisotopic (exact) mass is 260 g/mol. The molecule has 6 nitrogen and oxygen atoms in total. The minimum Gasteiger partial charge on any atom is -0.484 e. The van der Waals surface area contributed by atoms with Crippen molar-refractivity contribution < 1.29 is 9.53 Å². The number of aromatic nitrogens is 2. The Morgan fingerprint density at radius 2 is 2.32 bits per heavy atom. The third-order valence-electron chi connectivity index (χ3n) is 2.45. The summed E-state index contributed by atoms with van der Waals surface area (Å²) in [5.41, 5.74) is 6.22. The number of amides is 1. The molecule has 0 aliphatic carbocycles. The van der Waals surface area contributed by atoms with E-state index >= 15 is 0 Å². The second-order valence-corrected chi connectivity index (χ2v) is 3.98. The van der Waals surface area contributed by atoms with E-state index in [0.29, 0.717) is 24.5 Å². The van der Waals surface area contributed by atoms with Gasteiger partial charge in [0.2, 0.25) is 0 Å². The van der Waals surface area contributed by atoms with Crippen molar-refractivity contribution in [3.05, 3.63) is 42.7 Å². The number of nitrogens with two attached hydrogens (primary N) is 1. The lowest BCUT2D eigenvalue weighted by atomic mass is 10.3. The average Bonchev–Trinajstić information content (AvgIpc) is 2.90. The van der Waals surface area contributed by atoms with Gasteiger partial charge in [-0.25, -0.2) is 0 Å². The van der Waals surface area contributed by atoms with Crippen molar-refractivity contribution in [2.75, 3.05) is 18.9 Å². The Morgan fingerprint density at radius 1 is 1.42 bits per heavy atom. The number of anilines is 1. The first kappa shape index (κ1) is 12.9. The summed E-state index contributed by atoms with van der Waals surface area (Å²) in [7, 11) is 0. The van der Waals surface area contributed by atoms with Crippen molar-refractivity contribution in [3.8, 4) is 5.75 Å². The lowest BCUT2D eigenvalue weighted by molar-refractivity contribution is -0.123. The molecule has 1 aromatic carbocycles. The van der Waals surface area contributed by atoms with E-state index < -0.39 is 0 Å². The Hall–Kier alpha value is -2.50. The molecule has 19 heavy (non-hydrogen) atoms. The molecule has 0 unspecified atom stereocenters. The standard InChI is InChI=1S/C13H16N4O2/c14-11-3-1-4-12(9-11)19-10-13(18)15-6-8-17-7-2-5-16-17/h1-5,7,9H,6,8,10,14H2,(H,15,18). The van der Waals surface area contributed by atoms with Crippen LogP contribution in [-0.2, 0) is 11.3 Å². The number of nitrogens with zero attached hydrogens (tertiary/aromatic N) is 2. The zero-order valence-corrected chi connectivity index (χ0v) is 10.5. The molecule has 3 N–H and O–H groups in total. The number of hydrogen-bond donors (Lipinski definition) is 2. The van der Waals surface area contributed by atoms with Gasteiger partial charge in [0.05, 0.1) is 6.54 Å². The summed E-state index contributed by atoms with van der Waals surface area (Å²) in [4.78, 5) is 11.5. The van der Waals surface area contributed by atoms with E-state index in [2.05, 4.69) is 10.4 Å². The fourth-order valence-corrected chi connectivity index (χ4v) is 1.55. The second-order valence-electron chi connectivity index (χ2n) is 3.98. The molecule has 100 valence electrons. The number of nitrogens with one attached hydrogen (secondary N) is 1. The predicted molar refractivity (Wildman–Crippen MR) is 71.6 cm³/mol. The molecule has 0 spiro atoms. The maximum Gasteiger partial charge on any atom is 0.258 e. The van der Waals surface area contributed by atoms with Gasteiger partial charge in [0.1, 0.15) is 5.75 Å². The quantitative estimate of drug-likeness (QED) is 0.747. The fourth-order valence-electron chi connectivity index (χ4n) is 1.55. The maximum atomic E-state index is 11.5. The van der Waals surface area contributed by atoms with Gasteiger partial charge in [0.15, 0.2) is 6.61 Å². The third-order valence-corrected chi connectivity index (χ3v) is 2.45. The van der Waals surface area contributed by atoms with Crippen LogP contribution in [0.15, 0.2) is 42.7 Å². The molecule has 1 heterocycles. The molecule has 2 rings (SSSR count). The van der Waals surface area contributed by atoms with Crippen molar-refractivity contribution in [3.63, 3.8) is 0 Å². The van der Waals surface area contributed by atoms with Crippen LogP contribution in [0.4, 0.5) is 5.69 Å². The Labute approximate surface area is 111 Å². The van der Waals surface area contributed by atoms with Crippen LogP contribution in [0.25, 0.3) is 0 Å². The van der Waals surface area contributed by atoms with Crippen molar-refractivity contribution in [2.24, 2.45) is 0 Å². The Balaban J connectivity index is 1.67. The first-order valence-electron chi connectivity index (χ1n) is 5.96. The molecule has 0 bridgehead atoms. The molecule has 1 aromatic heterocycles. The van der Waals surface area contributed by atoms with Crippen LogP contribution < -0.4 is 15.8 Å². The van der Waals surface area contributed by atoms with E-state index in [1.807, 2.05) is 12.3 Å². The molecule has 0 aliphatic heterocycles. The maximum absolute atomic E-state index is 11.5. The van der Waals surface area contributed by atoms with E-state index in [-0.39, 0.29) is 12.5 Å². The highest BCUT2D eigenvalue weighted by Crippen LogP contribution is 2.13. The summed E-state index contributed by atoms with van der Waals surface area (Å²) < 4.78 is 7.07. The van der Waals surface area contributed by atoms with Crippen LogP contribution in [0.2, 0.25) is 0 Å². The summed E-state index contributed by atoms with van der Waals surface area (Å²) in [5.74, 6) is 0.414. The Kier molecular flexibility index (Phi) is 4.39. The minimum absolute atomic E-state index is 0.0252. The van der Waals surface area contributed by atoms with Gasteiger partial charge in [0, 0.05) is 30.7 Å². The van der Waals surface area contributed by atoms with E-state index in [4.69, 9.17) is 10.5 Å². The second kappa shape index (κ2) is 6.44. The summed E-state index contributed by atoms with van der Waals surface area (Å²) in [6.07, 6.45) is 3.54.